The van der Waals surface area contributed by atoms with E-state index >= 15 is 0 Å². The van der Waals surface area contributed by atoms with E-state index in [1.54, 1.807) is 31.4 Å². The molecule has 1 heterocycles. The third-order valence-corrected chi connectivity index (χ3v) is 4.97. The van der Waals surface area contributed by atoms with Crippen LogP contribution < -0.4 is 9.54 Å². The Morgan fingerprint density at radius 2 is 2.07 bits per heavy atom. The van der Waals surface area contributed by atoms with Crippen molar-refractivity contribution in [2.45, 2.75) is 6.54 Å². The summed E-state index contributed by atoms with van der Waals surface area (Å²) in [6.07, 6.45) is 4.65. The number of benzene rings is 2. The maximum atomic E-state index is 12.3. The molecule has 0 bridgehead atoms. The first-order valence-corrected chi connectivity index (χ1v) is 9.13. The predicted octanol–water partition coefficient (Wildman–Crippen LogP) is 3.95. The molecule has 2 aromatic carbocycles. The van der Waals surface area contributed by atoms with Crippen molar-refractivity contribution >= 4 is 39.2 Å². The van der Waals surface area contributed by atoms with Crippen LogP contribution in [0.1, 0.15) is 5.56 Å². The van der Waals surface area contributed by atoms with E-state index in [1.165, 1.54) is 29.5 Å². The highest BCUT2D eigenvalue weighted by molar-refractivity contribution is 7.16. The molecule has 3 rings (SSSR count). The largest absolute Gasteiger partial charge is 0.497 e. The average Bonchev–Trinajstić information content (AvgIpc) is 3.03. The zero-order valence-corrected chi connectivity index (χ0v) is 15.9. The number of carbonyl (C=O) groups is 1. The van der Waals surface area contributed by atoms with Crippen molar-refractivity contribution in [3.05, 3.63) is 81.7 Å². The lowest BCUT2D eigenvalue weighted by Crippen LogP contribution is -2.15. The fourth-order valence-electron chi connectivity index (χ4n) is 2.58. The van der Waals surface area contributed by atoms with Crippen LogP contribution in [0.15, 0.2) is 66.2 Å². The lowest BCUT2D eigenvalue weighted by Gasteiger charge is -2.02. The number of rotatable bonds is 6. The summed E-state index contributed by atoms with van der Waals surface area (Å²) in [6, 6.07) is 11.6. The van der Waals surface area contributed by atoms with Gasteiger partial charge in [0.15, 0.2) is 4.80 Å². The molecule has 0 aliphatic carbocycles. The van der Waals surface area contributed by atoms with Crippen molar-refractivity contribution < 1.29 is 14.5 Å². The number of non-ortho nitro benzene ring substituents is 1. The second-order valence-electron chi connectivity index (χ2n) is 5.75. The van der Waals surface area contributed by atoms with Crippen LogP contribution in [0.4, 0.5) is 5.69 Å². The van der Waals surface area contributed by atoms with Gasteiger partial charge in [-0.15, -0.1) is 6.58 Å². The van der Waals surface area contributed by atoms with Gasteiger partial charge in [0.05, 0.1) is 22.2 Å². The summed E-state index contributed by atoms with van der Waals surface area (Å²) in [5, 5.41) is 10.7. The summed E-state index contributed by atoms with van der Waals surface area (Å²) in [4.78, 5) is 27.3. The summed E-state index contributed by atoms with van der Waals surface area (Å²) in [7, 11) is 1.60. The SMILES string of the molecule is C=CCn1c(=NC(=O)C=Cc2ccc([N+](=O)[O-])cc2)sc2cc(OC)ccc21. The standard InChI is InChI=1S/C20H17N3O4S/c1-3-12-22-17-10-9-16(27-2)13-18(17)28-20(22)21-19(24)11-6-14-4-7-15(8-5-14)23(25)26/h3-11,13H,1,12H2,2H3. The predicted molar refractivity (Wildman–Crippen MR) is 109 cm³/mol. The Balaban J connectivity index is 1.91. The molecule has 8 heteroatoms. The number of nitrogens with zero attached hydrogens (tertiary/aromatic N) is 3. The highest BCUT2D eigenvalue weighted by Crippen LogP contribution is 2.23. The van der Waals surface area contributed by atoms with Crippen molar-refractivity contribution in [2.24, 2.45) is 4.99 Å². The molecular formula is C20H17N3O4S. The second-order valence-corrected chi connectivity index (χ2v) is 6.76. The molecule has 1 amide bonds. The third-order valence-electron chi connectivity index (χ3n) is 3.93. The van der Waals surface area contributed by atoms with Crippen molar-refractivity contribution in [2.75, 3.05) is 7.11 Å². The number of amides is 1. The van der Waals surface area contributed by atoms with Gasteiger partial charge < -0.3 is 9.30 Å². The number of carbonyl (C=O) groups excluding carboxylic acids is 1. The Morgan fingerprint density at radius 3 is 2.71 bits per heavy atom. The van der Waals surface area contributed by atoms with Gasteiger partial charge in [0.25, 0.3) is 11.6 Å². The molecule has 28 heavy (non-hydrogen) atoms. The number of thiazole rings is 1. The quantitative estimate of drug-likeness (QED) is 0.274. The number of nitro groups is 1. The van der Waals surface area contributed by atoms with Gasteiger partial charge in [-0.05, 0) is 42.0 Å². The number of ether oxygens (including phenoxy) is 1. The number of fused-ring (bicyclic) bond motifs is 1. The first-order chi connectivity index (χ1) is 13.5. The average molecular weight is 395 g/mol. The summed E-state index contributed by atoms with van der Waals surface area (Å²) < 4.78 is 8.11. The lowest BCUT2D eigenvalue weighted by molar-refractivity contribution is -0.384. The van der Waals surface area contributed by atoms with Gasteiger partial charge in [0.2, 0.25) is 0 Å². The van der Waals surface area contributed by atoms with Crippen LogP contribution in [0.2, 0.25) is 0 Å². The highest BCUT2D eigenvalue weighted by Gasteiger charge is 2.08. The van der Waals surface area contributed by atoms with E-state index in [0.717, 1.165) is 16.0 Å². The number of allylic oxidation sites excluding steroid dienone is 1. The van der Waals surface area contributed by atoms with Gasteiger partial charge in [0, 0.05) is 24.8 Å². The van der Waals surface area contributed by atoms with Crippen LogP contribution in [0.3, 0.4) is 0 Å². The van der Waals surface area contributed by atoms with Crippen LogP contribution in [0, 0.1) is 10.1 Å². The number of nitro benzene ring substituents is 1. The maximum Gasteiger partial charge on any atom is 0.272 e. The molecule has 0 radical (unpaired) electrons. The van der Waals surface area contributed by atoms with Crippen molar-refractivity contribution in [3.63, 3.8) is 0 Å². The normalized spacial score (nSPS) is 11.8. The van der Waals surface area contributed by atoms with Gasteiger partial charge in [-0.2, -0.15) is 4.99 Å². The van der Waals surface area contributed by atoms with E-state index in [9.17, 15) is 14.9 Å². The van der Waals surface area contributed by atoms with E-state index in [-0.39, 0.29) is 5.69 Å². The molecule has 7 nitrogen and oxygen atoms in total. The lowest BCUT2D eigenvalue weighted by atomic mass is 10.2. The van der Waals surface area contributed by atoms with Gasteiger partial charge in [-0.1, -0.05) is 17.4 Å². The number of aromatic nitrogens is 1. The highest BCUT2D eigenvalue weighted by atomic mass is 32.1. The first-order valence-electron chi connectivity index (χ1n) is 8.31. The van der Waals surface area contributed by atoms with Gasteiger partial charge >= 0.3 is 0 Å². The van der Waals surface area contributed by atoms with E-state index in [4.69, 9.17) is 4.74 Å². The summed E-state index contributed by atoms with van der Waals surface area (Å²) in [5.74, 6) is 0.310. The van der Waals surface area contributed by atoms with Crippen molar-refractivity contribution in [3.8, 4) is 5.75 Å². The molecule has 3 aromatic rings. The molecule has 0 saturated carbocycles. The van der Waals surface area contributed by atoms with Crippen molar-refractivity contribution in [1.29, 1.82) is 0 Å². The minimum Gasteiger partial charge on any atom is -0.497 e. The monoisotopic (exact) mass is 395 g/mol. The van der Waals surface area contributed by atoms with Crippen LogP contribution in [-0.4, -0.2) is 22.5 Å². The molecule has 142 valence electrons. The molecule has 0 N–H and O–H groups in total. The van der Waals surface area contributed by atoms with E-state index in [2.05, 4.69) is 11.6 Å². The maximum absolute atomic E-state index is 12.3. The fourth-order valence-corrected chi connectivity index (χ4v) is 3.65. The molecular weight excluding hydrogens is 378 g/mol. The van der Waals surface area contributed by atoms with E-state index in [0.29, 0.717) is 16.9 Å². The Bertz CT molecular complexity index is 1140. The fraction of sp³-hybridized carbons (Fsp3) is 0.100. The topological polar surface area (TPSA) is 86.7 Å². The Labute approximate surface area is 164 Å². The van der Waals surface area contributed by atoms with Crippen LogP contribution in [0.25, 0.3) is 16.3 Å². The zero-order valence-electron chi connectivity index (χ0n) is 15.1. The zero-order chi connectivity index (χ0) is 20.1. The summed E-state index contributed by atoms with van der Waals surface area (Å²) >= 11 is 1.39. The number of methoxy groups -OCH3 is 1. The van der Waals surface area contributed by atoms with Crippen molar-refractivity contribution in [1.82, 2.24) is 4.57 Å². The molecule has 1 aromatic heterocycles. The molecule has 0 saturated heterocycles. The van der Waals surface area contributed by atoms with E-state index in [1.807, 2.05) is 22.8 Å². The molecule has 0 aliphatic rings. The Hall–Kier alpha value is -3.52. The Kier molecular flexibility index (Phi) is 5.81. The first kappa shape index (κ1) is 19.2. The molecule has 0 atom stereocenters. The molecule has 0 unspecified atom stereocenters. The van der Waals surface area contributed by atoms with Crippen LogP contribution >= 0.6 is 11.3 Å². The number of hydrogen-bond donors (Lipinski definition) is 0. The smallest absolute Gasteiger partial charge is 0.272 e. The Morgan fingerprint density at radius 1 is 1.32 bits per heavy atom. The minimum absolute atomic E-state index is 0.000616. The van der Waals surface area contributed by atoms with Gasteiger partial charge in [-0.3, -0.25) is 14.9 Å². The number of hydrogen-bond acceptors (Lipinski definition) is 5. The molecule has 0 spiro atoms. The second kappa shape index (κ2) is 8.45. The van der Waals surface area contributed by atoms with Gasteiger partial charge in [-0.25, -0.2) is 0 Å². The minimum atomic E-state index is -0.469. The van der Waals surface area contributed by atoms with Gasteiger partial charge in [0.1, 0.15) is 5.75 Å². The molecule has 0 fully saturated rings. The van der Waals surface area contributed by atoms with Crippen LogP contribution in [-0.2, 0) is 11.3 Å². The van der Waals surface area contributed by atoms with Crippen LogP contribution in [0.5, 0.6) is 5.75 Å². The summed E-state index contributed by atoms with van der Waals surface area (Å²) in [5.41, 5.74) is 1.62. The van der Waals surface area contributed by atoms with E-state index < -0.39 is 10.8 Å². The summed E-state index contributed by atoms with van der Waals surface area (Å²) in [6.45, 7) is 4.28. The third kappa shape index (κ3) is 4.24. The molecule has 0 aliphatic heterocycles.